The van der Waals surface area contributed by atoms with E-state index in [0.29, 0.717) is 10.8 Å². The molecule has 2 rings (SSSR count). The van der Waals surface area contributed by atoms with Crippen molar-refractivity contribution in [2.75, 3.05) is 13.4 Å². The number of aliphatic imine (C=N–C) groups is 1. The number of methoxy groups -OCH3 is 1. The number of benzene rings is 1. The number of rotatable bonds is 4. The van der Waals surface area contributed by atoms with E-state index in [1.165, 1.54) is 0 Å². The van der Waals surface area contributed by atoms with Crippen LogP contribution in [0.2, 0.25) is 5.02 Å². The van der Waals surface area contributed by atoms with Gasteiger partial charge in [0.25, 0.3) is 0 Å². The van der Waals surface area contributed by atoms with Crippen LogP contribution in [0.3, 0.4) is 0 Å². The summed E-state index contributed by atoms with van der Waals surface area (Å²) in [6.45, 7) is 0. The molecule has 1 aliphatic carbocycles. The highest BCUT2D eigenvalue weighted by Crippen LogP contribution is 2.46. The lowest BCUT2D eigenvalue weighted by Gasteiger charge is -2.24. The Morgan fingerprint density at radius 1 is 1.42 bits per heavy atom. The normalized spacial score (nSPS) is 17.0. The van der Waals surface area contributed by atoms with Crippen molar-refractivity contribution < 1.29 is 9.53 Å². The molecule has 1 saturated carbocycles. The Morgan fingerprint density at radius 3 is 2.63 bits per heavy atom. The van der Waals surface area contributed by atoms with Gasteiger partial charge in [0, 0.05) is 0 Å². The molecule has 1 aromatic carbocycles. The van der Waals surface area contributed by atoms with E-state index < -0.39 is 5.54 Å². The van der Waals surface area contributed by atoms with Gasteiger partial charge in [0.2, 0.25) is 6.08 Å². The fraction of sp³-hybridized carbons (Fsp3) is 0.500. The molecule has 0 saturated heterocycles. The number of ether oxygens (including phenoxy) is 1. The number of hydrogen-bond acceptors (Lipinski definition) is 4. The second kappa shape index (κ2) is 6.00. The molecule has 3 nitrogen and oxygen atoms in total. The molecular weight excluding hydrogens is 282 g/mol. The molecule has 0 spiro atoms. The van der Waals surface area contributed by atoms with Crippen molar-refractivity contribution in [3.05, 3.63) is 22.7 Å². The van der Waals surface area contributed by atoms with Crippen molar-refractivity contribution >= 4 is 29.4 Å². The summed E-state index contributed by atoms with van der Waals surface area (Å²) in [5, 5.41) is 0.566. The van der Waals surface area contributed by atoms with Crippen LogP contribution >= 0.6 is 23.4 Å². The number of halogens is 1. The maximum atomic E-state index is 10.7. The molecule has 102 valence electrons. The van der Waals surface area contributed by atoms with Gasteiger partial charge in [-0.2, -0.15) is 4.99 Å². The quantitative estimate of drug-likeness (QED) is 0.475. The van der Waals surface area contributed by atoms with Crippen LogP contribution in [-0.2, 0) is 10.3 Å². The third-order valence-electron chi connectivity index (χ3n) is 3.66. The Labute approximate surface area is 122 Å². The maximum absolute atomic E-state index is 10.7. The van der Waals surface area contributed by atoms with Crippen molar-refractivity contribution in [1.82, 2.24) is 0 Å². The van der Waals surface area contributed by atoms with Crippen LogP contribution in [0.1, 0.15) is 31.2 Å². The summed E-state index contributed by atoms with van der Waals surface area (Å²) < 4.78 is 5.32. The van der Waals surface area contributed by atoms with E-state index in [0.717, 1.165) is 36.1 Å². The van der Waals surface area contributed by atoms with E-state index in [4.69, 9.17) is 16.3 Å². The fourth-order valence-corrected chi connectivity index (χ4v) is 3.67. The molecule has 0 N–H and O–H groups in total. The Morgan fingerprint density at radius 2 is 2.11 bits per heavy atom. The van der Waals surface area contributed by atoms with E-state index in [2.05, 4.69) is 4.99 Å². The molecule has 0 unspecified atom stereocenters. The van der Waals surface area contributed by atoms with E-state index in [1.807, 2.05) is 18.4 Å². The highest BCUT2D eigenvalue weighted by atomic mass is 35.5. The van der Waals surface area contributed by atoms with Gasteiger partial charge < -0.3 is 4.74 Å². The minimum absolute atomic E-state index is 0.442. The van der Waals surface area contributed by atoms with Gasteiger partial charge in [-0.1, -0.05) is 24.4 Å². The molecule has 1 aromatic rings. The molecule has 19 heavy (non-hydrogen) atoms. The lowest BCUT2D eigenvalue weighted by molar-refractivity contribution is 0.402. The predicted molar refractivity (Wildman–Crippen MR) is 78.1 cm³/mol. The van der Waals surface area contributed by atoms with Crippen LogP contribution in [0.5, 0.6) is 5.75 Å². The number of thioether (sulfide) groups is 1. The Hall–Kier alpha value is -0.960. The molecule has 0 bridgehead atoms. The van der Waals surface area contributed by atoms with Crippen LogP contribution in [0.4, 0.5) is 0 Å². The van der Waals surface area contributed by atoms with E-state index in [9.17, 15) is 4.79 Å². The average molecular weight is 298 g/mol. The SMILES string of the molecule is COc1c(Cl)cc(C2(N=C=O)CCCC2)cc1SC. The van der Waals surface area contributed by atoms with E-state index in [1.54, 1.807) is 25.0 Å². The smallest absolute Gasteiger partial charge is 0.235 e. The summed E-state index contributed by atoms with van der Waals surface area (Å²) in [6.07, 6.45) is 7.60. The van der Waals surface area contributed by atoms with Crippen LogP contribution in [0.25, 0.3) is 0 Å². The summed E-state index contributed by atoms with van der Waals surface area (Å²) in [7, 11) is 1.61. The molecule has 1 aliphatic rings. The van der Waals surface area contributed by atoms with Gasteiger partial charge in [0.15, 0.2) is 5.75 Å². The molecule has 0 aliphatic heterocycles. The first-order chi connectivity index (χ1) is 9.16. The zero-order valence-electron chi connectivity index (χ0n) is 11.0. The summed E-state index contributed by atoms with van der Waals surface area (Å²) >= 11 is 7.85. The molecule has 0 atom stereocenters. The molecule has 0 radical (unpaired) electrons. The first-order valence-electron chi connectivity index (χ1n) is 6.18. The first-order valence-corrected chi connectivity index (χ1v) is 7.78. The van der Waals surface area contributed by atoms with Gasteiger partial charge in [-0.15, -0.1) is 11.8 Å². The predicted octanol–water partition coefficient (Wildman–Crippen LogP) is 4.18. The van der Waals surface area contributed by atoms with Gasteiger partial charge in [-0.25, -0.2) is 4.79 Å². The van der Waals surface area contributed by atoms with Crippen molar-refractivity contribution in [2.45, 2.75) is 36.1 Å². The highest BCUT2D eigenvalue weighted by Gasteiger charge is 2.36. The summed E-state index contributed by atoms with van der Waals surface area (Å²) in [5.41, 5.74) is 0.547. The van der Waals surface area contributed by atoms with Crippen molar-refractivity contribution in [3.8, 4) is 5.75 Å². The van der Waals surface area contributed by atoms with E-state index in [-0.39, 0.29) is 0 Å². The maximum Gasteiger partial charge on any atom is 0.235 e. The molecule has 0 aromatic heterocycles. The van der Waals surface area contributed by atoms with Gasteiger partial charge >= 0.3 is 0 Å². The van der Waals surface area contributed by atoms with Crippen molar-refractivity contribution in [3.63, 3.8) is 0 Å². The molecule has 5 heteroatoms. The third-order valence-corrected chi connectivity index (χ3v) is 4.69. The fourth-order valence-electron chi connectivity index (χ4n) is 2.70. The van der Waals surface area contributed by atoms with Gasteiger partial charge in [0.05, 0.1) is 22.6 Å². The lowest BCUT2D eigenvalue weighted by atomic mass is 9.89. The molecule has 0 heterocycles. The Kier molecular flexibility index (Phi) is 4.56. The highest BCUT2D eigenvalue weighted by molar-refractivity contribution is 7.98. The lowest BCUT2D eigenvalue weighted by Crippen LogP contribution is -2.19. The Balaban J connectivity index is 2.55. The van der Waals surface area contributed by atoms with Crippen molar-refractivity contribution in [1.29, 1.82) is 0 Å². The minimum Gasteiger partial charge on any atom is -0.494 e. The number of nitrogens with zero attached hydrogens (tertiary/aromatic N) is 1. The largest absolute Gasteiger partial charge is 0.494 e. The van der Waals surface area contributed by atoms with Crippen LogP contribution < -0.4 is 4.74 Å². The topological polar surface area (TPSA) is 38.7 Å². The third kappa shape index (κ3) is 2.66. The Bertz CT molecular complexity index is 520. The monoisotopic (exact) mass is 297 g/mol. The summed E-state index contributed by atoms with van der Waals surface area (Å²) in [5.74, 6) is 0.682. The standard InChI is InChI=1S/C14H16ClNO2S/c1-18-13-11(15)7-10(8-12(13)19-2)14(16-9-17)5-3-4-6-14/h7-8H,3-6H2,1-2H3. The van der Waals surface area contributed by atoms with Crippen LogP contribution in [0.15, 0.2) is 22.0 Å². The first kappa shape index (κ1) is 14.4. The second-order valence-corrected chi connectivity index (χ2v) is 5.89. The van der Waals surface area contributed by atoms with E-state index >= 15 is 0 Å². The number of isocyanates is 1. The van der Waals surface area contributed by atoms with Crippen molar-refractivity contribution in [2.24, 2.45) is 4.99 Å². The summed E-state index contributed by atoms with van der Waals surface area (Å²) in [6, 6.07) is 3.90. The average Bonchev–Trinajstić information content (AvgIpc) is 2.88. The molecular formula is C14H16ClNO2S. The molecule has 1 fully saturated rings. The van der Waals surface area contributed by atoms with Crippen LogP contribution in [-0.4, -0.2) is 19.4 Å². The van der Waals surface area contributed by atoms with Gasteiger partial charge in [-0.3, -0.25) is 0 Å². The number of carbonyl (C=O) groups excluding carboxylic acids is 1. The van der Waals surface area contributed by atoms with Crippen LogP contribution in [0, 0.1) is 0 Å². The second-order valence-electron chi connectivity index (χ2n) is 4.64. The number of hydrogen-bond donors (Lipinski definition) is 0. The van der Waals surface area contributed by atoms with Gasteiger partial charge in [0.1, 0.15) is 0 Å². The van der Waals surface area contributed by atoms with Gasteiger partial charge in [-0.05, 0) is 36.8 Å². The minimum atomic E-state index is -0.442. The molecule has 0 amide bonds. The zero-order valence-corrected chi connectivity index (χ0v) is 12.6. The summed E-state index contributed by atoms with van der Waals surface area (Å²) in [4.78, 5) is 15.8. The zero-order chi connectivity index (χ0) is 13.9.